The number of carbonyl (C=O) groups is 3. The second kappa shape index (κ2) is 12.9. The Bertz CT molecular complexity index is 1050. The molecule has 0 radical (unpaired) electrons. The Hall–Kier alpha value is -3.61. The summed E-state index contributed by atoms with van der Waals surface area (Å²) >= 11 is 0. The second-order valence-corrected chi connectivity index (χ2v) is 8.91. The van der Waals surface area contributed by atoms with E-state index in [1.54, 1.807) is 6.92 Å². The molecule has 1 fully saturated rings. The fraction of sp³-hybridized carbons (Fsp3) is 0.414. The third kappa shape index (κ3) is 6.53. The van der Waals surface area contributed by atoms with E-state index < -0.39 is 30.0 Å². The van der Waals surface area contributed by atoms with Crippen LogP contribution in [0.15, 0.2) is 61.2 Å². The van der Waals surface area contributed by atoms with Gasteiger partial charge >= 0.3 is 18.0 Å². The van der Waals surface area contributed by atoms with Crippen LogP contribution in [-0.2, 0) is 36.8 Å². The van der Waals surface area contributed by atoms with Gasteiger partial charge in [0.25, 0.3) is 0 Å². The normalized spacial score (nSPS) is 19.0. The smallest absolute Gasteiger partial charge is 0.410 e. The van der Waals surface area contributed by atoms with Crippen molar-refractivity contribution in [3.05, 3.63) is 77.9 Å². The lowest BCUT2D eigenvalue weighted by Gasteiger charge is -2.26. The summed E-state index contributed by atoms with van der Waals surface area (Å²) in [6.07, 6.45) is 1.33. The summed E-state index contributed by atoms with van der Waals surface area (Å²) in [5.74, 6) is -1.97. The van der Waals surface area contributed by atoms with E-state index in [9.17, 15) is 14.4 Å². The highest BCUT2D eigenvalue weighted by atomic mass is 16.6. The van der Waals surface area contributed by atoms with Crippen molar-refractivity contribution in [2.75, 3.05) is 20.3 Å². The maximum atomic E-state index is 13.2. The van der Waals surface area contributed by atoms with Crippen molar-refractivity contribution in [1.82, 2.24) is 4.90 Å². The molecule has 2 aromatic carbocycles. The molecule has 3 atom stereocenters. The first-order valence-electron chi connectivity index (χ1n) is 12.4. The Morgan fingerprint density at radius 3 is 2.28 bits per heavy atom. The number of benzene rings is 2. The van der Waals surface area contributed by atoms with Crippen LogP contribution in [0.2, 0.25) is 0 Å². The van der Waals surface area contributed by atoms with Crippen LogP contribution >= 0.6 is 0 Å². The molecule has 7 heteroatoms. The zero-order valence-electron chi connectivity index (χ0n) is 21.3. The van der Waals surface area contributed by atoms with Crippen LogP contribution in [0.5, 0.6) is 0 Å². The van der Waals surface area contributed by atoms with Gasteiger partial charge in [0, 0.05) is 18.4 Å². The number of likely N-dealkylation sites (tertiary alicyclic amines) is 1. The number of hydrogen-bond donors (Lipinski definition) is 0. The molecule has 0 aromatic heterocycles. The van der Waals surface area contributed by atoms with Crippen molar-refractivity contribution in [3.63, 3.8) is 0 Å². The molecule has 3 rings (SSSR count). The van der Waals surface area contributed by atoms with E-state index in [0.717, 1.165) is 29.5 Å². The van der Waals surface area contributed by atoms with Crippen LogP contribution in [0.4, 0.5) is 4.79 Å². The molecule has 1 heterocycles. The number of aryl methyl sites for hydroxylation is 1. The predicted octanol–water partition coefficient (Wildman–Crippen LogP) is 5.03. The first kappa shape index (κ1) is 27.0. The van der Waals surface area contributed by atoms with Crippen LogP contribution in [0.3, 0.4) is 0 Å². The van der Waals surface area contributed by atoms with Crippen molar-refractivity contribution in [2.45, 2.75) is 45.8 Å². The first-order valence-corrected chi connectivity index (χ1v) is 12.4. The largest absolute Gasteiger partial charge is 0.469 e. The van der Waals surface area contributed by atoms with E-state index in [4.69, 9.17) is 14.2 Å². The zero-order valence-corrected chi connectivity index (χ0v) is 21.3. The lowest BCUT2D eigenvalue weighted by molar-refractivity contribution is -0.150. The van der Waals surface area contributed by atoms with Crippen molar-refractivity contribution in [2.24, 2.45) is 11.8 Å². The molecule has 0 spiro atoms. The summed E-state index contributed by atoms with van der Waals surface area (Å²) in [6, 6.07) is 16.4. The molecule has 2 aromatic rings. The van der Waals surface area contributed by atoms with Gasteiger partial charge in [-0.1, -0.05) is 74.5 Å². The number of esters is 2. The minimum absolute atomic E-state index is 0.0555. The van der Waals surface area contributed by atoms with Crippen molar-refractivity contribution < 1.29 is 28.6 Å². The number of nitrogens with zero attached hydrogens (tertiary/aromatic N) is 1. The van der Waals surface area contributed by atoms with E-state index in [2.05, 4.69) is 25.6 Å². The molecule has 1 amide bonds. The first-order chi connectivity index (χ1) is 17.4. The van der Waals surface area contributed by atoms with Gasteiger partial charge < -0.3 is 14.2 Å². The van der Waals surface area contributed by atoms with Crippen LogP contribution in [0.25, 0.3) is 5.57 Å². The molecule has 0 bridgehead atoms. The standard InChI is InChI=1S/C29H35NO6/c1-5-10-21-13-15-23(16-14-21)20(3)25-18-30(29(33)36-19-22-11-8-7-9-12-22)27(28(32)35-6-2)24(25)17-26(31)34-4/h7-9,11-16,24-25,27H,3,5-6,10,17-19H2,1-2,4H3/t24-,25+,27-/m0/s1. The van der Waals surface area contributed by atoms with Gasteiger partial charge in [0.05, 0.1) is 20.1 Å². The van der Waals surface area contributed by atoms with Gasteiger partial charge in [-0.25, -0.2) is 9.59 Å². The fourth-order valence-electron chi connectivity index (χ4n) is 4.72. The average Bonchev–Trinajstić information content (AvgIpc) is 3.27. The quantitative estimate of drug-likeness (QED) is 0.341. The molecule has 36 heavy (non-hydrogen) atoms. The van der Waals surface area contributed by atoms with E-state index in [1.165, 1.54) is 17.6 Å². The van der Waals surface area contributed by atoms with Gasteiger partial charge in [0.2, 0.25) is 0 Å². The Labute approximate surface area is 213 Å². The highest BCUT2D eigenvalue weighted by Crippen LogP contribution is 2.41. The maximum absolute atomic E-state index is 13.2. The highest BCUT2D eigenvalue weighted by molar-refractivity contribution is 5.85. The number of ether oxygens (including phenoxy) is 3. The van der Waals surface area contributed by atoms with Gasteiger partial charge in [0.15, 0.2) is 0 Å². The van der Waals surface area contributed by atoms with Gasteiger partial charge in [0.1, 0.15) is 12.6 Å². The van der Waals surface area contributed by atoms with Crippen LogP contribution in [-0.4, -0.2) is 49.2 Å². The summed E-state index contributed by atoms with van der Waals surface area (Å²) in [5, 5.41) is 0. The zero-order chi connectivity index (χ0) is 26.1. The van der Waals surface area contributed by atoms with Gasteiger partial charge in [-0.05, 0) is 35.6 Å². The molecule has 0 saturated carbocycles. The van der Waals surface area contributed by atoms with Crippen LogP contribution < -0.4 is 0 Å². The van der Waals surface area contributed by atoms with E-state index in [0.29, 0.717) is 0 Å². The monoisotopic (exact) mass is 493 g/mol. The van der Waals surface area contributed by atoms with Crippen LogP contribution in [0, 0.1) is 11.8 Å². The predicted molar refractivity (Wildman–Crippen MR) is 137 cm³/mol. The molecule has 0 N–H and O–H groups in total. The molecule has 7 nitrogen and oxygen atoms in total. The average molecular weight is 494 g/mol. The summed E-state index contributed by atoms with van der Waals surface area (Å²) < 4.78 is 15.8. The molecule has 1 saturated heterocycles. The van der Waals surface area contributed by atoms with E-state index in [-0.39, 0.29) is 32.1 Å². The number of amides is 1. The lowest BCUT2D eigenvalue weighted by Crippen LogP contribution is -2.45. The van der Waals surface area contributed by atoms with Gasteiger partial charge in [-0.2, -0.15) is 0 Å². The number of rotatable bonds is 10. The summed E-state index contributed by atoms with van der Waals surface area (Å²) in [4.78, 5) is 40.0. The molecule has 1 aliphatic heterocycles. The molecule has 0 aliphatic carbocycles. The topological polar surface area (TPSA) is 82.1 Å². The summed E-state index contributed by atoms with van der Waals surface area (Å²) in [7, 11) is 1.30. The van der Waals surface area contributed by atoms with Crippen LogP contribution in [0.1, 0.15) is 43.4 Å². The van der Waals surface area contributed by atoms with Crippen molar-refractivity contribution in [1.29, 1.82) is 0 Å². The Morgan fingerprint density at radius 1 is 0.972 bits per heavy atom. The summed E-state index contributed by atoms with van der Waals surface area (Å²) in [6.45, 7) is 8.53. The Balaban J connectivity index is 1.90. The van der Waals surface area contributed by atoms with E-state index >= 15 is 0 Å². The highest BCUT2D eigenvalue weighted by Gasteiger charge is 2.51. The minimum Gasteiger partial charge on any atom is -0.469 e. The number of methoxy groups -OCH3 is 1. The Morgan fingerprint density at radius 2 is 1.67 bits per heavy atom. The third-order valence-electron chi connectivity index (χ3n) is 6.56. The van der Waals surface area contributed by atoms with Gasteiger partial charge in [-0.3, -0.25) is 9.69 Å². The number of hydrogen-bond acceptors (Lipinski definition) is 6. The number of carbonyl (C=O) groups excluding carboxylic acids is 3. The lowest BCUT2D eigenvalue weighted by atomic mass is 9.80. The molecule has 0 unspecified atom stereocenters. The SMILES string of the molecule is C=C(c1ccc(CCC)cc1)[C@H]1CN(C(=O)OCc2ccccc2)[C@H](C(=O)OCC)[C@H]1CC(=O)OC. The minimum atomic E-state index is -0.992. The third-order valence-corrected chi connectivity index (χ3v) is 6.56. The maximum Gasteiger partial charge on any atom is 0.410 e. The Kier molecular flexibility index (Phi) is 9.68. The molecular formula is C29H35NO6. The van der Waals surface area contributed by atoms with Gasteiger partial charge in [-0.15, -0.1) is 0 Å². The van der Waals surface area contributed by atoms with E-state index in [1.807, 2.05) is 42.5 Å². The molecule has 192 valence electrons. The summed E-state index contributed by atoms with van der Waals surface area (Å²) in [5.41, 5.74) is 3.70. The fourth-order valence-corrected chi connectivity index (χ4v) is 4.72. The molecular weight excluding hydrogens is 458 g/mol. The van der Waals surface area contributed by atoms with Crippen molar-refractivity contribution >= 4 is 23.6 Å². The second-order valence-electron chi connectivity index (χ2n) is 8.91. The van der Waals surface area contributed by atoms with Crippen molar-refractivity contribution in [3.8, 4) is 0 Å². The molecule has 1 aliphatic rings.